The van der Waals surface area contributed by atoms with E-state index >= 15 is 0 Å². The molecule has 0 saturated carbocycles. The van der Waals surface area contributed by atoms with Crippen LogP contribution in [0.3, 0.4) is 0 Å². The number of rotatable bonds is 5. The van der Waals surface area contributed by atoms with E-state index < -0.39 is 0 Å². The second-order valence-corrected chi connectivity index (χ2v) is 7.13. The van der Waals surface area contributed by atoms with Crippen LogP contribution in [0.15, 0.2) is 48.1 Å². The van der Waals surface area contributed by atoms with Crippen LogP contribution in [0.2, 0.25) is 5.15 Å². The van der Waals surface area contributed by atoms with E-state index in [2.05, 4.69) is 15.4 Å². The average Bonchev–Trinajstić information content (AvgIpc) is 3.28. The lowest BCUT2D eigenvalue weighted by Crippen LogP contribution is -2.23. The van der Waals surface area contributed by atoms with Gasteiger partial charge >= 0.3 is 0 Å². The quantitative estimate of drug-likeness (QED) is 0.571. The Morgan fingerprint density at radius 3 is 2.88 bits per heavy atom. The standard InChI is InChI=1S/C18H16ClN5OS/c1-12-15(16(19)24(22-12)10-13-5-3-2-4-6-13)17(25)20-9-14-11-23-7-8-26-18(23)21-14/h2-8,11H,9-10H2,1H3,(H,20,25). The highest BCUT2D eigenvalue weighted by atomic mass is 35.5. The summed E-state index contributed by atoms with van der Waals surface area (Å²) in [6.07, 6.45) is 3.84. The molecule has 0 unspecified atom stereocenters. The molecule has 132 valence electrons. The Bertz CT molecular complexity index is 1040. The van der Waals surface area contributed by atoms with Crippen molar-refractivity contribution in [1.29, 1.82) is 0 Å². The van der Waals surface area contributed by atoms with Crippen molar-refractivity contribution >= 4 is 33.8 Å². The number of imidazole rings is 1. The summed E-state index contributed by atoms with van der Waals surface area (Å²) >= 11 is 7.98. The molecule has 0 radical (unpaired) electrons. The Morgan fingerprint density at radius 1 is 1.31 bits per heavy atom. The summed E-state index contributed by atoms with van der Waals surface area (Å²) in [6, 6.07) is 9.87. The number of nitrogens with one attached hydrogen (secondary N) is 1. The number of halogens is 1. The second-order valence-electron chi connectivity index (χ2n) is 5.90. The zero-order valence-electron chi connectivity index (χ0n) is 14.0. The molecule has 0 saturated heterocycles. The normalized spacial score (nSPS) is 11.2. The van der Waals surface area contributed by atoms with Gasteiger partial charge in [-0.25, -0.2) is 9.67 Å². The topological polar surface area (TPSA) is 64.2 Å². The molecule has 0 aliphatic heterocycles. The molecular formula is C18H16ClN5OS. The lowest BCUT2D eigenvalue weighted by molar-refractivity contribution is 0.0950. The van der Waals surface area contributed by atoms with E-state index in [0.717, 1.165) is 16.2 Å². The van der Waals surface area contributed by atoms with Crippen LogP contribution in [0.4, 0.5) is 0 Å². The number of fused-ring (bicyclic) bond motifs is 1. The summed E-state index contributed by atoms with van der Waals surface area (Å²) < 4.78 is 3.58. The summed E-state index contributed by atoms with van der Waals surface area (Å²) in [5.74, 6) is -0.247. The zero-order chi connectivity index (χ0) is 18.1. The first-order valence-corrected chi connectivity index (χ1v) is 9.33. The highest BCUT2D eigenvalue weighted by Crippen LogP contribution is 2.21. The number of aryl methyl sites for hydroxylation is 1. The molecule has 1 N–H and O–H groups in total. The number of hydrogen-bond donors (Lipinski definition) is 1. The number of carbonyl (C=O) groups excluding carboxylic acids is 1. The van der Waals surface area contributed by atoms with Crippen LogP contribution >= 0.6 is 22.9 Å². The van der Waals surface area contributed by atoms with Crippen molar-refractivity contribution in [3.05, 3.63) is 75.8 Å². The number of aromatic nitrogens is 4. The molecule has 0 spiro atoms. The first-order valence-electron chi connectivity index (χ1n) is 8.08. The molecule has 0 aliphatic carbocycles. The lowest BCUT2D eigenvalue weighted by atomic mass is 10.2. The van der Waals surface area contributed by atoms with Gasteiger partial charge in [0.15, 0.2) is 4.96 Å². The first kappa shape index (κ1) is 16.8. The van der Waals surface area contributed by atoms with Gasteiger partial charge in [0.25, 0.3) is 5.91 Å². The number of thiazole rings is 1. The Kier molecular flexibility index (Phi) is 4.48. The molecule has 4 rings (SSSR count). The van der Waals surface area contributed by atoms with E-state index in [4.69, 9.17) is 11.6 Å². The smallest absolute Gasteiger partial charge is 0.256 e. The van der Waals surface area contributed by atoms with Crippen LogP contribution in [0.1, 0.15) is 27.3 Å². The SMILES string of the molecule is Cc1nn(Cc2ccccc2)c(Cl)c1C(=O)NCc1cn2ccsc2n1. The molecule has 0 aliphatic rings. The number of nitrogens with zero attached hydrogens (tertiary/aromatic N) is 4. The minimum Gasteiger partial charge on any atom is -0.346 e. The molecule has 3 heterocycles. The van der Waals surface area contributed by atoms with Crippen LogP contribution in [-0.4, -0.2) is 25.1 Å². The molecule has 0 fully saturated rings. The lowest BCUT2D eigenvalue weighted by Gasteiger charge is -2.05. The van der Waals surface area contributed by atoms with Gasteiger partial charge in [0, 0.05) is 17.8 Å². The van der Waals surface area contributed by atoms with Crippen LogP contribution in [0.5, 0.6) is 0 Å². The van der Waals surface area contributed by atoms with Gasteiger partial charge in [-0.15, -0.1) is 11.3 Å². The van der Waals surface area contributed by atoms with E-state index in [1.54, 1.807) is 22.9 Å². The van der Waals surface area contributed by atoms with Crippen molar-refractivity contribution in [2.45, 2.75) is 20.0 Å². The van der Waals surface area contributed by atoms with Gasteiger partial charge in [0.05, 0.1) is 30.0 Å². The van der Waals surface area contributed by atoms with Crippen molar-refractivity contribution in [3.63, 3.8) is 0 Å². The fourth-order valence-corrected chi connectivity index (χ4v) is 3.83. The third-order valence-electron chi connectivity index (χ3n) is 4.04. The summed E-state index contributed by atoms with van der Waals surface area (Å²) in [5, 5.41) is 9.60. The average molecular weight is 386 g/mol. The molecular weight excluding hydrogens is 370 g/mol. The van der Waals surface area contributed by atoms with Crippen LogP contribution < -0.4 is 5.32 Å². The maximum Gasteiger partial charge on any atom is 0.256 e. The summed E-state index contributed by atoms with van der Waals surface area (Å²) in [7, 11) is 0. The summed E-state index contributed by atoms with van der Waals surface area (Å²) in [6.45, 7) is 2.65. The predicted molar refractivity (Wildman–Crippen MR) is 102 cm³/mol. The third-order valence-corrected chi connectivity index (χ3v) is 5.20. The molecule has 0 bridgehead atoms. The number of carbonyl (C=O) groups is 1. The van der Waals surface area contributed by atoms with Crippen molar-refractivity contribution in [2.75, 3.05) is 0 Å². The predicted octanol–water partition coefficient (Wildman–Crippen LogP) is 3.53. The third kappa shape index (κ3) is 3.23. The first-order chi connectivity index (χ1) is 12.6. The fraction of sp³-hybridized carbons (Fsp3) is 0.167. The molecule has 26 heavy (non-hydrogen) atoms. The Morgan fingerprint density at radius 2 is 2.12 bits per heavy atom. The van der Waals surface area contributed by atoms with E-state index in [-0.39, 0.29) is 5.91 Å². The monoisotopic (exact) mass is 385 g/mol. The van der Waals surface area contributed by atoms with Gasteiger partial charge in [-0.3, -0.25) is 9.20 Å². The Labute approximate surface area is 159 Å². The van der Waals surface area contributed by atoms with Gasteiger partial charge in [-0.1, -0.05) is 41.9 Å². The van der Waals surface area contributed by atoms with Crippen molar-refractivity contribution < 1.29 is 4.79 Å². The molecule has 0 atom stereocenters. The van der Waals surface area contributed by atoms with Crippen LogP contribution in [0, 0.1) is 6.92 Å². The molecule has 4 aromatic rings. The molecule has 3 aromatic heterocycles. The van der Waals surface area contributed by atoms with Gasteiger partial charge in [0.2, 0.25) is 0 Å². The van der Waals surface area contributed by atoms with Gasteiger partial charge in [-0.2, -0.15) is 5.10 Å². The van der Waals surface area contributed by atoms with Crippen LogP contribution in [0.25, 0.3) is 4.96 Å². The maximum atomic E-state index is 12.6. The fourth-order valence-electron chi connectivity index (χ4n) is 2.79. The second kappa shape index (κ2) is 6.93. The minimum atomic E-state index is -0.247. The Balaban J connectivity index is 1.49. The summed E-state index contributed by atoms with van der Waals surface area (Å²) in [4.78, 5) is 18.0. The van der Waals surface area contributed by atoms with Crippen LogP contribution in [-0.2, 0) is 13.1 Å². The number of benzene rings is 1. The minimum absolute atomic E-state index is 0.247. The van der Waals surface area contributed by atoms with Gasteiger partial charge < -0.3 is 5.32 Å². The van der Waals surface area contributed by atoms with Gasteiger partial charge in [0.1, 0.15) is 5.15 Å². The van der Waals surface area contributed by atoms with E-state index in [1.165, 1.54) is 0 Å². The van der Waals surface area contributed by atoms with Gasteiger partial charge in [-0.05, 0) is 12.5 Å². The maximum absolute atomic E-state index is 12.6. The molecule has 1 amide bonds. The van der Waals surface area contributed by atoms with Crippen molar-refractivity contribution in [3.8, 4) is 0 Å². The van der Waals surface area contributed by atoms with Crippen molar-refractivity contribution in [1.82, 2.24) is 24.5 Å². The molecule has 8 heteroatoms. The largest absolute Gasteiger partial charge is 0.346 e. The number of hydrogen-bond acceptors (Lipinski definition) is 4. The highest BCUT2D eigenvalue weighted by Gasteiger charge is 2.20. The summed E-state index contributed by atoms with van der Waals surface area (Å²) in [5.41, 5.74) is 2.88. The zero-order valence-corrected chi connectivity index (χ0v) is 15.6. The molecule has 6 nitrogen and oxygen atoms in total. The Hall–Kier alpha value is -2.64. The number of amides is 1. The van der Waals surface area contributed by atoms with E-state index in [1.807, 2.05) is 52.5 Å². The highest BCUT2D eigenvalue weighted by molar-refractivity contribution is 7.15. The van der Waals surface area contributed by atoms with E-state index in [0.29, 0.717) is 29.5 Å². The molecule has 1 aromatic carbocycles. The van der Waals surface area contributed by atoms with E-state index in [9.17, 15) is 4.79 Å². The van der Waals surface area contributed by atoms with Crippen molar-refractivity contribution in [2.24, 2.45) is 0 Å².